The zero-order chi connectivity index (χ0) is 22.1. The summed E-state index contributed by atoms with van der Waals surface area (Å²) in [6.07, 6.45) is 2.37. The van der Waals surface area contributed by atoms with Crippen molar-refractivity contribution in [3.05, 3.63) is 29.8 Å². The minimum absolute atomic E-state index is 0.0925. The van der Waals surface area contributed by atoms with E-state index in [1.54, 1.807) is 0 Å². The third-order valence-electron chi connectivity index (χ3n) is 5.77. The summed E-state index contributed by atoms with van der Waals surface area (Å²) in [7, 11) is 0. The first-order chi connectivity index (χ1) is 14.0. The molecule has 3 amide bonds. The molecule has 164 valence electrons. The molecule has 3 rings (SSSR count). The van der Waals surface area contributed by atoms with E-state index in [-0.39, 0.29) is 36.0 Å². The van der Waals surface area contributed by atoms with Crippen molar-refractivity contribution in [2.45, 2.75) is 89.9 Å². The Labute approximate surface area is 178 Å². The van der Waals surface area contributed by atoms with Crippen LogP contribution < -0.4 is 10.6 Å². The highest BCUT2D eigenvalue weighted by molar-refractivity contribution is 6.01. The molecule has 0 saturated carbocycles. The Hall–Kier alpha value is -2.57. The van der Waals surface area contributed by atoms with Crippen molar-refractivity contribution < 1.29 is 19.1 Å². The number of carbonyl (C=O) groups is 3. The molecule has 1 aromatic carbocycles. The summed E-state index contributed by atoms with van der Waals surface area (Å²) >= 11 is 0. The van der Waals surface area contributed by atoms with Crippen LogP contribution in [0.25, 0.3) is 0 Å². The number of anilines is 1. The number of rotatable bonds is 3. The van der Waals surface area contributed by atoms with E-state index in [1.165, 1.54) is 5.56 Å². The topological polar surface area (TPSA) is 87.7 Å². The summed E-state index contributed by atoms with van der Waals surface area (Å²) < 4.78 is 5.59. The SMILES string of the molecule is C[C@@H]1CC(c2ccc(NC3CCC(=O)NC3=O)cc2)C[C@H](C)N1C(=O)OC(C)(C)C. The number of amides is 3. The van der Waals surface area contributed by atoms with Gasteiger partial charge in [0.2, 0.25) is 11.8 Å². The molecule has 7 heteroatoms. The lowest BCUT2D eigenvalue weighted by Gasteiger charge is -2.43. The van der Waals surface area contributed by atoms with Crippen molar-refractivity contribution in [1.82, 2.24) is 10.2 Å². The summed E-state index contributed by atoms with van der Waals surface area (Å²) in [4.78, 5) is 37.7. The second-order valence-corrected chi connectivity index (χ2v) is 9.52. The monoisotopic (exact) mass is 415 g/mol. The fourth-order valence-corrected chi connectivity index (χ4v) is 4.41. The van der Waals surface area contributed by atoms with Crippen molar-refractivity contribution in [1.29, 1.82) is 0 Å². The largest absolute Gasteiger partial charge is 0.444 e. The second-order valence-electron chi connectivity index (χ2n) is 9.52. The molecule has 4 atom stereocenters. The van der Waals surface area contributed by atoms with Crippen molar-refractivity contribution in [2.24, 2.45) is 0 Å². The van der Waals surface area contributed by atoms with Crippen molar-refractivity contribution in [2.75, 3.05) is 5.32 Å². The molecule has 0 aromatic heterocycles. The lowest BCUT2D eigenvalue weighted by molar-refractivity contribution is -0.133. The fraction of sp³-hybridized carbons (Fsp3) is 0.609. The molecule has 30 heavy (non-hydrogen) atoms. The summed E-state index contributed by atoms with van der Waals surface area (Å²) in [5.74, 6) is -0.125. The zero-order valence-electron chi connectivity index (χ0n) is 18.5. The van der Waals surface area contributed by atoms with Crippen molar-refractivity contribution in [3.8, 4) is 0 Å². The van der Waals surface area contributed by atoms with Crippen LogP contribution in [0, 0.1) is 0 Å². The Balaban J connectivity index is 1.61. The van der Waals surface area contributed by atoms with E-state index in [9.17, 15) is 14.4 Å². The zero-order valence-corrected chi connectivity index (χ0v) is 18.5. The molecule has 2 heterocycles. The summed E-state index contributed by atoms with van der Waals surface area (Å²) in [5, 5.41) is 5.58. The van der Waals surface area contributed by atoms with E-state index >= 15 is 0 Å². The summed E-state index contributed by atoms with van der Waals surface area (Å²) in [6.45, 7) is 9.81. The molecular weight excluding hydrogens is 382 g/mol. The van der Waals surface area contributed by atoms with Gasteiger partial charge in [-0.1, -0.05) is 12.1 Å². The van der Waals surface area contributed by atoms with Crippen LogP contribution in [-0.2, 0) is 14.3 Å². The Bertz CT molecular complexity index is 788. The van der Waals surface area contributed by atoms with Gasteiger partial charge in [0.1, 0.15) is 11.6 Å². The van der Waals surface area contributed by atoms with Gasteiger partial charge in [0.25, 0.3) is 0 Å². The maximum absolute atomic E-state index is 12.6. The number of hydrogen-bond donors (Lipinski definition) is 2. The second kappa shape index (κ2) is 8.66. The maximum Gasteiger partial charge on any atom is 0.410 e. The number of ether oxygens (including phenoxy) is 1. The van der Waals surface area contributed by atoms with Crippen LogP contribution in [-0.4, -0.2) is 46.5 Å². The average molecular weight is 416 g/mol. The maximum atomic E-state index is 12.6. The van der Waals surface area contributed by atoms with E-state index < -0.39 is 5.60 Å². The number of benzene rings is 1. The Morgan fingerprint density at radius 3 is 2.23 bits per heavy atom. The van der Waals surface area contributed by atoms with Gasteiger partial charge in [-0.15, -0.1) is 0 Å². The van der Waals surface area contributed by atoms with Crippen molar-refractivity contribution >= 4 is 23.6 Å². The Morgan fingerprint density at radius 2 is 1.70 bits per heavy atom. The molecule has 2 N–H and O–H groups in total. The number of imide groups is 1. The molecule has 0 spiro atoms. The van der Waals surface area contributed by atoms with Crippen LogP contribution in [0.1, 0.15) is 71.8 Å². The molecule has 2 unspecified atom stereocenters. The standard InChI is InChI=1S/C23H33N3O4/c1-14-12-17(13-15(2)26(14)22(29)30-23(3,4)5)16-6-8-18(9-7-16)24-19-10-11-20(27)25-21(19)28/h6-9,14-15,17,19,24H,10-13H2,1-5H3,(H,25,27,28)/t14-,15+,17?,19?. The van der Waals surface area contributed by atoms with E-state index in [4.69, 9.17) is 4.74 Å². The molecule has 7 nitrogen and oxygen atoms in total. The summed E-state index contributed by atoms with van der Waals surface area (Å²) in [6, 6.07) is 7.93. The highest BCUT2D eigenvalue weighted by Crippen LogP contribution is 2.36. The fourth-order valence-electron chi connectivity index (χ4n) is 4.41. The minimum Gasteiger partial charge on any atom is -0.444 e. The number of likely N-dealkylation sites (tertiary alicyclic amines) is 1. The molecule has 0 radical (unpaired) electrons. The van der Waals surface area contributed by atoms with Gasteiger partial charge in [-0.2, -0.15) is 0 Å². The lowest BCUT2D eigenvalue weighted by Crippen LogP contribution is -2.51. The number of carbonyl (C=O) groups excluding carboxylic acids is 3. The van der Waals surface area contributed by atoms with Gasteiger partial charge < -0.3 is 15.0 Å². The Morgan fingerprint density at radius 1 is 1.10 bits per heavy atom. The third-order valence-corrected chi connectivity index (χ3v) is 5.77. The lowest BCUT2D eigenvalue weighted by atomic mass is 9.82. The number of nitrogens with zero attached hydrogens (tertiary/aromatic N) is 1. The van der Waals surface area contributed by atoms with E-state index in [0.717, 1.165) is 18.5 Å². The van der Waals surface area contributed by atoms with Crippen LogP contribution in [0.2, 0.25) is 0 Å². The molecule has 2 aliphatic heterocycles. The summed E-state index contributed by atoms with van der Waals surface area (Å²) in [5.41, 5.74) is 1.59. The van der Waals surface area contributed by atoms with Crippen LogP contribution >= 0.6 is 0 Å². The van der Waals surface area contributed by atoms with Gasteiger partial charge in [-0.05, 0) is 77.5 Å². The molecular formula is C23H33N3O4. The Kier molecular flexibility index (Phi) is 6.38. The van der Waals surface area contributed by atoms with Crippen molar-refractivity contribution in [3.63, 3.8) is 0 Å². The van der Waals surface area contributed by atoms with Gasteiger partial charge in [-0.25, -0.2) is 4.79 Å². The molecule has 2 fully saturated rings. The van der Waals surface area contributed by atoms with E-state index in [0.29, 0.717) is 18.8 Å². The number of hydrogen-bond acceptors (Lipinski definition) is 5. The van der Waals surface area contributed by atoms with Crippen LogP contribution in [0.4, 0.5) is 10.5 Å². The molecule has 2 saturated heterocycles. The first kappa shape index (κ1) is 22.1. The highest BCUT2D eigenvalue weighted by Gasteiger charge is 2.37. The predicted octanol–water partition coefficient (Wildman–Crippen LogP) is 3.80. The number of piperidine rings is 2. The molecule has 0 bridgehead atoms. The van der Waals surface area contributed by atoms with Gasteiger partial charge in [-0.3, -0.25) is 14.9 Å². The van der Waals surface area contributed by atoms with E-state index in [2.05, 4.69) is 36.6 Å². The van der Waals surface area contributed by atoms with E-state index in [1.807, 2.05) is 37.8 Å². The van der Waals surface area contributed by atoms with Gasteiger partial charge >= 0.3 is 6.09 Å². The van der Waals surface area contributed by atoms with Gasteiger partial charge in [0.05, 0.1) is 0 Å². The molecule has 0 aliphatic carbocycles. The predicted molar refractivity (Wildman–Crippen MR) is 115 cm³/mol. The van der Waals surface area contributed by atoms with Crippen LogP contribution in [0.3, 0.4) is 0 Å². The molecule has 1 aromatic rings. The molecule has 2 aliphatic rings. The average Bonchev–Trinajstić information content (AvgIpc) is 2.62. The minimum atomic E-state index is -0.501. The first-order valence-corrected chi connectivity index (χ1v) is 10.7. The van der Waals surface area contributed by atoms with Crippen LogP contribution in [0.5, 0.6) is 0 Å². The number of nitrogens with one attached hydrogen (secondary N) is 2. The third kappa shape index (κ3) is 5.32. The first-order valence-electron chi connectivity index (χ1n) is 10.7. The van der Waals surface area contributed by atoms with Gasteiger partial charge in [0, 0.05) is 24.2 Å². The normalized spacial score (nSPS) is 27.4. The highest BCUT2D eigenvalue weighted by atomic mass is 16.6. The smallest absolute Gasteiger partial charge is 0.410 e. The van der Waals surface area contributed by atoms with Crippen LogP contribution in [0.15, 0.2) is 24.3 Å². The van der Waals surface area contributed by atoms with Gasteiger partial charge in [0.15, 0.2) is 0 Å². The quantitative estimate of drug-likeness (QED) is 0.734.